The summed E-state index contributed by atoms with van der Waals surface area (Å²) in [5, 5.41) is 0. The molecule has 0 radical (unpaired) electrons. The van der Waals surface area contributed by atoms with Crippen LogP contribution in [0.3, 0.4) is 0 Å². The summed E-state index contributed by atoms with van der Waals surface area (Å²) in [5.74, 6) is -0.300. The Morgan fingerprint density at radius 2 is 2.15 bits per heavy atom. The van der Waals surface area contributed by atoms with E-state index in [1.54, 1.807) is 4.90 Å². The lowest BCUT2D eigenvalue weighted by molar-refractivity contribution is -0.141. The first kappa shape index (κ1) is 14.8. The predicted molar refractivity (Wildman–Crippen MR) is 66.9 cm³/mol. The lowest BCUT2D eigenvalue weighted by Gasteiger charge is -2.36. The summed E-state index contributed by atoms with van der Waals surface area (Å²) in [4.78, 5) is 17.2. The molecule has 0 spiro atoms. The Hall–Kier alpha value is -1.63. The third-order valence-corrected chi connectivity index (χ3v) is 3.48. The number of carbonyl (C=O) groups is 1. The first-order valence-corrected chi connectivity index (χ1v) is 6.39. The van der Waals surface area contributed by atoms with Gasteiger partial charge in [-0.25, -0.2) is 0 Å². The Morgan fingerprint density at radius 3 is 2.65 bits per heavy atom. The molecule has 7 heteroatoms. The van der Waals surface area contributed by atoms with Crippen molar-refractivity contribution in [3.8, 4) is 0 Å². The fraction of sp³-hybridized carbons (Fsp3) is 0.538. The second-order valence-electron chi connectivity index (χ2n) is 5.06. The molecule has 2 atom stereocenters. The minimum atomic E-state index is -4.49. The van der Waals surface area contributed by atoms with Gasteiger partial charge in [0.1, 0.15) is 5.69 Å². The number of hydrogen-bond donors (Lipinski definition) is 1. The zero-order valence-corrected chi connectivity index (χ0v) is 11.0. The summed E-state index contributed by atoms with van der Waals surface area (Å²) in [7, 11) is 0. The molecule has 110 valence electrons. The van der Waals surface area contributed by atoms with Gasteiger partial charge >= 0.3 is 6.18 Å². The second-order valence-corrected chi connectivity index (χ2v) is 5.06. The third-order valence-electron chi connectivity index (χ3n) is 3.48. The first-order valence-electron chi connectivity index (χ1n) is 6.39. The third kappa shape index (κ3) is 3.09. The van der Waals surface area contributed by atoms with E-state index in [-0.39, 0.29) is 23.6 Å². The van der Waals surface area contributed by atoms with Crippen molar-refractivity contribution in [1.82, 2.24) is 9.88 Å². The van der Waals surface area contributed by atoms with Crippen molar-refractivity contribution in [2.75, 3.05) is 6.54 Å². The van der Waals surface area contributed by atoms with Crippen molar-refractivity contribution < 1.29 is 18.0 Å². The Labute approximate surface area is 114 Å². The maximum Gasteiger partial charge on any atom is 0.433 e. The summed E-state index contributed by atoms with van der Waals surface area (Å²) in [5.41, 5.74) is 4.99. The fourth-order valence-electron chi connectivity index (χ4n) is 2.36. The number of amides is 1. The molecule has 1 fully saturated rings. The molecular weight excluding hydrogens is 271 g/mol. The summed E-state index contributed by atoms with van der Waals surface area (Å²) in [6, 6.07) is 2.04. The molecule has 1 saturated heterocycles. The minimum absolute atomic E-state index is 0.0199. The van der Waals surface area contributed by atoms with Crippen LogP contribution >= 0.6 is 0 Å². The molecule has 20 heavy (non-hydrogen) atoms. The van der Waals surface area contributed by atoms with E-state index in [0.29, 0.717) is 19.4 Å². The normalized spacial score (nSPS) is 23.8. The van der Waals surface area contributed by atoms with E-state index < -0.39 is 11.9 Å². The predicted octanol–water partition coefficient (Wildman–Crippen LogP) is 2.05. The number of likely N-dealkylation sites (tertiary alicyclic amines) is 1. The van der Waals surface area contributed by atoms with Crippen LogP contribution in [-0.4, -0.2) is 34.4 Å². The molecule has 1 aliphatic rings. The zero-order valence-electron chi connectivity index (χ0n) is 11.0. The average molecular weight is 287 g/mol. The largest absolute Gasteiger partial charge is 0.433 e. The smallest absolute Gasteiger partial charge is 0.336 e. The van der Waals surface area contributed by atoms with Gasteiger partial charge in [0.05, 0.1) is 5.56 Å². The number of alkyl halides is 3. The molecule has 1 amide bonds. The van der Waals surface area contributed by atoms with E-state index in [9.17, 15) is 18.0 Å². The number of nitrogens with zero attached hydrogens (tertiary/aromatic N) is 2. The highest BCUT2D eigenvalue weighted by molar-refractivity contribution is 5.94. The molecule has 0 bridgehead atoms. The summed E-state index contributed by atoms with van der Waals surface area (Å²) < 4.78 is 37.2. The molecule has 2 N–H and O–H groups in total. The van der Waals surface area contributed by atoms with Crippen LogP contribution in [0.25, 0.3) is 0 Å². The summed E-state index contributed by atoms with van der Waals surface area (Å²) >= 11 is 0. The number of pyridine rings is 1. The zero-order chi connectivity index (χ0) is 14.9. The van der Waals surface area contributed by atoms with Crippen LogP contribution in [0.1, 0.15) is 35.8 Å². The van der Waals surface area contributed by atoms with Gasteiger partial charge in [-0.05, 0) is 31.9 Å². The van der Waals surface area contributed by atoms with Crippen molar-refractivity contribution in [3.63, 3.8) is 0 Å². The molecule has 0 aliphatic carbocycles. The molecule has 1 aromatic heterocycles. The highest BCUT2D eigenvalue weighted by Gasteiger charge is 2.33. The van der Waals surface area contributed by atoms with Crippen molar-refractivity contribution in [2.24, 2.45) is 5.73 Å². The number of nitrogens with two attached hydrogens (primary N) is 1. The van der Waals surface area contributed by atoms with Crippen LogP contribution in [0, 0.1) is 0 Å². The van der Waals surface area contributed by atoms with Crippen molar-refractivity contribution in [1.29, 1.82) is 0 Å². The number of carbonyl (C=O) groups excluding carboxylic acids is 1. The highest BCUT2D eigenvalue weighted by Crippen LogP contribution is 2.27. The van der Waals surface area contributed by atoms with E-state index >= 15 is 0 Å². The topological polar surface area (TPSA) is 59.2 Å². The monoisotopic (exact) mass is 287 g/mol. The number of rotatable bonds is 1. The lowest BCUT2D eigenvalue weighted by atomic mass is 9.98. The van der Waals surface area contributed by atoms with E-state index in [0.717, 1.165) is 12.3 Å². The molecule has 0 saturated carbocycles. The molecule has 2 rings (SSSR count). The summed E-state index contributed by atoms with van der Waals surface area (Å²) in [6.45, 7) is 2.40. The van der Waals surface area contributed by atoms with Crippen LogP contribution in [-0.2, 0) is 6.18 Å². The van der Waals surface area contributed by atoms with Crippen LogP contribution in [0.4, 0.5) is 13.2 Å². The van der Waals surface area contributed by atoms with Gasteiger partial charge in [-0.2, -0.15) is 13.2 Å². The van der Waals surface area contributed by atoms with Crippen LogP contribution in [0.2, 0.25) is 0 Å². The highest BCUT2D eigenvalue weighted by atomic mass is 19.4. The molecule has 2 unspecified atom stereocenters. The van der Waals surface area contributed by atoms with Gasteiger partial charge in [-0.15, -0.1) is 0 Å². The molecule has 1 aliphatic heterocycles. The Bertz CT molecular complexity index is 487. The van der Waals surface area contributed by atoms with Gasteiger partial charge < -0.3 is 10.6 Å². The quantitative estimate of drug-likeness (QED) is 0.860. The molecule has 4 nitrogen and oxygen atoms in total. The van der Waals surface area contributed by atoms with Gasteiger partial charge in [-0.1, -0.05) is 0 Å². The first-order chi connectivity index (χ1) is 9.29. The van der Waals surface area contributed by atoms with Gasteiger partial charge in [0.2, 0.25) is 0 Å². The van der Waals surface area contributed by atoms with Crippen LogP contribution < -0.4 is 5.73 Å². The van der Waals surface area contributed by atoms with E-state index in [1.165, 1.54) is 6.07 Å². The maximum absolute atomic E-state index is 12.4. The number of aromatic nitrogens is 1. The molecular formula is C13H16F3N3O. The Kier molecular flexibility index (Phi) is 3.99. The maximum atomic E-state index is 12.4. The number of halogens is 3. The SMILES string of the molecule is CC1CC(N)CCN1C(=O)c1ccc(C(F)(F)F)nc1. The van der Waals surface area contributed by atoms with Gasteiger partial charge in [0.15, 0.2) is 0 Å². The second kappa shape index (κ2) is 5.40. The summed E-state index contributed by atoms with van der Waals surface area (Å²) in [6.07, 6.45) is -2.12. The minimum Gasteiger partial charge on any atom is -0.336 e. The van der Waals surface area contributed by atoms with Crippen LogP contribution in [0.5, 0.6) is 0 Å². The van der Waals surface area contributed by atoms with Crippen LogP contribution in [0.15, 0.2) is 18.3 Å². The van der Waals surface area contributed by atoms with Crippen molar-refractivity contribution >= 4 is 5.91 Å². The van der Waals surface area contributed by atoms with Gasteiger partial charge in [0.25, 0.3) is 5.91 Å². The number of piperidine rings is 1. The standard InChI is InChI=1S/C13H16F3N3O/c1-8-6-10(17)4-5-19(8)12(20)9-2-3-11(18-7-9)13(14,15)16/h2-3,7-8,10H,4-6,17H2,1H3. The van der Waals surface area contributed by atoms with Gasteiger partial charge in [0, 0.05) is 24.8 Å². The van der Waals surface area contributed by atoms with E-state index in [1.807, 2.05) is 6.92 Å². The molecule has 2 heterocycles. The fourth-order valence-corrected chi connectivity index (χ4v) is 2.36. The Morgan fingerprint density at radius 1 is 1.45 bits per heavy atom. The average Bonchev–Trinajstić information content (AvgIpc) is 2.37. The lowest BCUT2D eigenvalue weighted by Crippen LogP contribution is -2.48. The molecule has 0 aromatic carbocycles. The van der Waals surface area contributed by atoms with E-state index in [4.69, 9.17) is 5.73 Å². The number of hydrogen-bond acceptors (Lipinski definition) is 3. The van der Waals surface area contributed by atoms with Gasteiger partial charge in [-0.3, -0.25) is 9.78 Å². The Balaban J connectivity index is 2.13. The van der Waals surface area contributed by atoms with Crippen molar-refractivity contribution in [3.05, 3.63) is 29.6 Å². The van der Waals surface area contributed by atoms with Crippen molar-refractivity contribution in [2.45, 2.75) is 38.0 Å². The molecule has 1 aromatic rings. The van der Waals surface area contributed by atoms with E-state index in [2.05, 4.69) is 4.98 Å².